The lowest BCUT2D eigenvalue weighted by atomic mass is 9.89. The molecule has 3 rings (SSSR count). The van der Waals surface area contributed by atoms with Gasteiger partial charge in [-0.1, -0.05) is 56.5 Å². The Morgan fingerprint density at radius 1 is 1.14 bits per heavy atom. The fourth-order valence-corrected chi connectivity index (χ4v) is 3.78. The van der Waals surface area contributed by atoms with Gasteiger partial charge < -0.3 is 4.74 Å². The van der Waals surface area contributed by atoms with E-state index in [2.05, 4.69) is 45.0 Å². The van der Waals surface area contributed by atoms with Crippen molar-refractivity contribution in [2.75, 3.05) is 7.11 Å². The predicted octanol–water partition coefficient (Wildman–Crippen LogP) is 5.02. The number of hydrogen-bond donors (Lipinski definition) is 0. The predicted molar refractivity (Wildman–Crippen MR) is 112 cm³/mol. The summed E-state index contributed by atoms with van der Waals surface area (Å²) in [7, 11) is 1.45. The number of nitrogens with zero attached hydrogens (tertiary/aromatic N) is 3. The molecule has 0 radical (unpaired) electrons. The maximum atomic E-state index is 12.7. The zero-order valence-corrected chi connectivity index (χ0v) is 17.5. The summed E-state index contributed by atoms with van der Waals surface area (Å²) in [6.45, 7) is 8.27. The first kappa shape index (κ1) is 20.1. The Balaban J connectivity index is 2.34. The van der Waals surface area contributed by atoms with Gasteiger partial charge in [0.1, 0.15) is 0 Å². The molecule has 0 aliphatic heterocycles. The van der Waals surface area contributed by atoms with E-state index >= 15 is 0 Å². The van der Waals surface area contributed by atoms with Crippen molar-refractivity contribution in [3.63, 3.8) is 0 Å². The number of carbonyl (C=O) groups excluding carboxylic acids is 1. The molecule has 0 amide bonds. The number of hydrogen-bond acceptors (Lipinski definition) is 4. The van der Waals surface area contributed by atoms with Gasteiger partial charge in [0.2, 0.25) is 0 Å². The van der Waals surface area contributed by atoms with Crippen LogP contribution in [0.5, 0.6) is 0 Å². The lowest BCUT2D eigenvalue weighted by molar-refractivity contribution is -0.142. The fourth-order valence-electron chi connectivity index (χ4n) is 3.78. The molecule has 0 saturated heterocycles. The minimum Gasteiger partial charge on any atom is -0.469 e. The Kier molecular flexibility index (Phi) is 6.12. The van der Waals surface area contributed by atoms with Crippen LogP contribution < -0.4 is 0 Å². The normalized spacial score (nSPS) is 12.3. The summed E-state index contributed by atoms with van der Waals surface area (Å²) in [6, 6.07) is 10.4. The van der Waals surface area contributed by atoms with Gasteiger partial charge in [-0.15, -0.1) is 0 Å². The molecule has 3 aromatic rings. The van der Waals surface area contributed by atoms with E-state index in [0.29, 0.717) is 6.42 Å². The van der Waals surface area contributed by atoms with Gasteiger partial charge in [-0.3, -0.25) is 4.79 Å². The summed E-state index contributed by atoms with van der Waals surface area (Å²) in [5.74, 6) is -0.581. The molecule has 0 N–H and O–H groups in total. The average Bonchev–Trinajstić information content (AvgIpc) is 3.08. The molecule has 1 atom stereocenters. The van der Waals surface area contributed by atoms with Crippen LogP contribution in [0.25, 0.3) is 16.9 Å². The van der Waals surface area contributed by atoms with Crippen molar-refractivity contribution in [1.29, 1.82) is 0 Å². The van der Waals surface area contributed by atoms with Gasteiger partial charge in [-0.05, 0) is 26.7 Å². The van der Waals surface area contributed by atoms with Gasteiger partial charge in [-0.25, -0.2) is 9.50 Å². The van der Waals surface area contributed by atoms with Crippen molar-refractivity contribution in [2.45, 2.75) is 59.3 Å². The van der Waals surface area contributed by atoms with Crippen molar-refractivity contribution >= 4 is 11.6 Å². The molecular formula is C23H29N3O2. The molecule has 0 fully saturated rings. The molecule has 1 unspecified atom stereocenters. The van der Waals surface area contributed by atoms with Gasteiger partial charge in [-0.2, -0.15) is 5.10 Å². The summed E-state index contributed by atoms with van der Waals surface area (Å²) in [6.07, 6.45) is 3.52. The molecule has 1 aromatic carbocycles. The first-order chi connectivity index (χ1) is 13.5. The third kappa shape index (κ3) is 3.79. The molecule has 2 heterocycles. The minimum absolute atomic E-state index is 0.222. The van der Waals surface area contributed by atoms with Crippen LogP contribution in [0.3, 0.4) is 0 Å². The number of esters is 1. The highest BCUT2D eigenvalue weighted by atomic mass is 16.5. The quantitative estimate of drug-likeness (QED) is 0.541. The number of benzene rings is 1. The Morgan fingerprint density at radius 2 is 1.86 bits per heavy atom. The van der Waals surface area contributed by atoms with Crippen molar-refractivity contribution in [1.82, 2.24) is 14.6 Å². The second-order valence-electron chi connectivity index (χ2n) is 7.35. The topological polar surface area (TPSA) is 56.5 Å². The van der Waals surface area contributed by atoms with Crippen LogP contribution in [-0.4, -0.2) is 27.7 Å². The standard InChI is InChI=1S/C23H29N3O2/c1-6-8-18-14-20-24-16(4)21(19(9-7-2)23(27)28-5)22(26(20)25-18)17-12-10-15(3)11-13-17/h10-14,19H,6-9H2,1-5H3. The first-order valence-corrected chi connectivity index (χ1v) is 10.0. The van der Waals surface area contributed by atoms with E-state index < -0.39 is 0 Å². The van der Waals surface area contributed by atoms with E-state index in [9.17, 15) is 4.79 Å². The Labute approximate surface area is 166 Å². The summed E-state index contributed by atoms with van der Waals surface area (Å²) >= 11 is 0. The van der Waals surface area contributed by atoms with E-state index in [-0.39, 0.29) is 11.9 Å². The molecular weight excluding hydrogens is 350 g/mol. The maximum absolute atomic E-state index is 12.7. The lowest BCUT2D eigenvalue weighted by Crippen LogP contribution is -2.19. The highest BCUT2D eigenvalue weighted by Crippen LogP contribution is 2.35. The fraction of sp³-hybridized carbons (Fsp3) is 0.435. The average molecular weight is 380 g/mol. The highest BCUT2D eigenvalue weighted by molar-refractivity contribution is 5.82. The molecule has 0 aliphatic carbocycles. The third-order valence-corrected chi connectivity index (χ3v) is 5.12. The van der Waals surface area contributed by atoms with Crippen LogP contribution in [0.1, 0.15) is 61.5 Å². The van der Waals surface area contributed by atoms with Crippen LogP contribution in [0.4, 0.5) is 0 Å². The number of fused-ring (bicyclic) bond motifs is 1. The first-order valence-electron chi connectivity index (χ1n) is 10.0. The van der Waals surface area contributed by atoms with E-state index in [4.69, 9.17) is 14.8 Å². The van der Waals surface area contributed by atoms with Crippen molar-refractivity contribution in [2.24, 2.45) is 0 Å². The number of ether oxygens (including phenoxy) is 1. The van der Waals surface area contributed by atoms with Gasteiger partial charge >= 0.3 is 5.97 Å². The van der Waals surface area contributed by atoms with E-state index in [1.165, 1.54) is 12.7 Å². The van der Waals surface area contributed by atoms with Crippen LogP contribution in [0, 0.1) is 13.8 Å². The number of methoxy groups -OCH3 is 1. The van der Waals surface area contributed by atoms with Gasteiger partial charge in [0.25, 0.3) is 0 Å². The SMILES string of the molecule is CCCc1cc2nc(C)c(C(CCC)C(=O)OC)c(-c3ccc(C)cc3)n2n1. The zero-order valence-electron chi connectivity index (χ0n) is 17.5. The van der Waals surface area contributed by atoms with Crippen LogP contribution >= 0.6 is 0 Å². The van der Waals surface area contributed by atoms with E-state index in [1.807, 2.05) is 17.5 Å². The molecule has 28 heavy (non-hydrogen) atoms. The van der Waals surface area contributed by atoms with Crippen molar-refractivity contribution < 1.29 is 9.53 Å². The molecule has 0 aliphatic rings. The highest BCUT2D eigenvalue weighted by Gasteiger charge is 2.29. The summed E-state index contributed by atoms with van der Waals surface area (Å²) in [4.78, 5) is 17.5. The molecule has 2 aromatic heterocycles. The van der Waals surface area contributed by atoms with E-state index in [0.717, 1.165) is 53.1 Å². The van der Waals surface area contributed by atoms with Gasteiger partial charge in [0.15, 0.2) is 5.65 Å². The summed E-state index contributed by atoms with van der Waals surface area (Å²) in [5, 5.41) is 4.83. The number of carbonyl (C=O) groups is 1. The van der Waals surface area contributed by atoms with Gasteiger partial charge in [0, 0.05) is 22.9 Å². The monoisotopic (exact) mass is 379 g/mol. The largest absolute Gasteiger partial charge is 0.469 e. The van der Waals surface area contributed by atoms with Crippen molar-refractivity contribution in [3.8, 4) is 11.3 Å². The smallest absolute Gasteiger partial charge is 0.313 e. The van der Waals surface area contributed by atoms with Crippen LogP contribution in [-0.2, 0) is 16.0 Å². The zero-order chi connectivity index (χ0) is 20.3. The molecule has 5 heteroatoms. The molecule has 5 nitrogen and oxygen atoms in total. The maximum Gasteiger partial charge on any atom is 0.313 e. The molecule has 0 spiro atoms. The summed E-state index contributed by atoms with van der Waals surface area (Å²) in [5.41, 5.74) is 6.77. The second kappa shape index (κ2) is 8.55. The van der Waals surface area contributed by atoms with Crippen LogP contribution in [0.15, 0.2) is 30.3 Å². The number of aryl methyl sites for hydroxylation is 3. The lowest BCUT2D eigenvalue weighted by Gasteiger charge is -2.21. The molecule has 148 valence electrons. The summed E-state index contributed by atoms with van der Waals surface area (Å²) < 4.78 is 7.05. The van der Waals surface area contributed by atoms with Crippen LogP contribution in [0.2, 0.25) is 0 Å². The van der Waals surface area contributed by atoms with Crippen molar-refractivity contribution in [3.05, 3.63) is 52.8 Å². The Morgan fingerprint density at radius 3 is 2.46 bits per heavy atom. The third-order valence-electron chi connectivity index (χ3n) is 5.12. The number of aromatic nitrogens is 3. The second-order valence-corrected chi connectivity index (χ2v) is 7.35. The Hall–Kier alpha value is -2.69. The Bertz CT molecular complexity index is 974. The molecule has 0 saturated carbocycles. The molecule has 0 bridgehead atoms. The number of rotatable bonds is 7. The van der Waals surface area contributed by atoms with E-state index in [1.54, 1.807) is 0 Å². The minimum atomic E-state index is -0.359. The van der Waals surface area contributed by atoms with Gasteiger partial charge in [0.05, 0.1) is 24.4 Å².